The van der Waals surface area contributed by atoms with Gasteiger partial charge < -0.3 is 9.63 Å². The molecule has 0 bridgehead atoms. The highest BCUT2D eigenvalue weighted by molar-refractivity contribution is 7.91. The summed E-state index contributed by atoms with van der Waals surface area (Å²) >= 11 is 0. The molecule has 2 rings (SSSR count). The lowest BCUT2D eigenvalue weighted by Crippen LogP contribution is -2.04. The van der Waals surface area contributed by atoms with Crippen molar-refractivity contribution in [1.29, 1.82) is 0 Å². The topological polar surface area (TPSA) is 93.3 Å². The van der Waals surface area contributed by atoms with E-state index >= 15 is 0 Å². The molecule has 7 heteroatoms. The summed E-state index contributed by atoms with van der Waals surface area (Å²) in [5.74, 6) is 0.557. The van der Waals surface area contributed by atoms with E-state index in [1.807, 2.05) is 0 Å². The summed E-state index contributed by atoms with van der Waals surface area (Å²) in [4.78, 5) is 3.88. The van der Waals surface area contributed by atoms with Crippen molar-refractivity contribution in [2.45, 2.75) is 18.9 Å². The van der Waals surface area contributed by atoms with Gasteiger partial charge in [-0.2, -0.15) is 4.98 Å². The van der Waals surface area contributed by atoms with Gasteiger partial charge in [-0.15, -0.1) is 0 Å². The molecule has 0 spiro atoms. The van der Waals surface area contributed by atoms with Gasteiger partial charge in [-0.3, -0.25) is 0 Å². The molecule has 6 nitrogen and oxygen atoms in total. The predicted octanol–water partition coefficient (Wildman–Crippen LogP) is -0.536. The van der Waals surface area contributed by atoms with Crippen LogP contribution in [0.4, 0.5) is 0 Å². The molecule has 1 N–H and O–H groups in total. The molecule has 0 aliphatic carbocycles. The van der Waals surface area contributed by atoms with Crippen molar-refractivity contribution in [2.75, 3.05) is 11.5 Å². The van der Waals surface area contributed by atoms with Gasteiger partial charge in [-0.1, -0.05) is 5.16 Å². The zero-order chi connectivity index (χ0) is 10.2. The third-order valence-corrected chi connectivity index (χ3v) is 3.97. The minimum absolute atomic E-state index is 0.0695. The summed E-state index contributed by atoms with van der Waals surface area (Å²) in [6.45, 7) is -0.289. The number of sulfone groups is 1. The summed E-state index contributed by atoms with van der Waals surface area (Å²) in [6, 6.07) is 0. The van der Waals surface area contributed by atoms with E-state index in [1.54, 1.807) is 0 Å². The van der Waals surface area contributed by atoms with Crippen LogP contribution in [0.3, 0.4) is 0 Å². The lowest BCUT2D eigenvalue weighted by molar-refractivity contribution is 0.262. The van der Waals surface area contributed by atoms with Gasteiger partial charge in [-0.25, -0.2) is 8.42 Å². The van der Waals surface area contributed by atoms with E-state index in [0.717, 1.165) is 0 Å². The Hall–Kier alpha value is -0.950. The Kier molecular flexibility index (Phi) is 2.28. The van der Waals surface area contributed by atoms with Gasteiger partial charge in [0.05, 0.1) is 17.4 Å². The predicted molar refractivity (Wildman–Crippen MR) is 46.2 cm³/mol. The zero-order valence-corrected chi connectivity index (χ0v) is 8.20. The van der Waals surface area contributed by atoms with Crippen LogP contribution in [0, 0.1) is 0 Å². The molecule has 1 atom stereocenters. The van der Waals surface area contributed by atoms with Gasteiger partial charge in [0, 0.05) is 0 Å². The molecule has 1 unspecified atom stereocenters. The van der Waals surface area contributed by atoms with Gasteiger partial charge in [0.1, 0.15) is 6.61 Å². The maximum atomic E-state index is 11.2. The van der Waals surface area contributed by atoms with Crippen LogP contribution in [0.2, 0.25) is 0 Å². The van der Waals surface area contributed by atoms with Crippen molar-refractivity contribution in [3.63, 3.8) is 0 Å². The lowest BCUT2D eigenvalue weighted by Gasteiger charge is -1.97. The number of nitrogens with zero attached hydrogens (tertiary/aromatic N) is 2. The van der Waals surface area contributed by atoms with Crippen LogP contribution in [-0.2, 0) is 16.4 Å². The zero-order valence-electron chi connectivity index (χ0n) is 7.38. The van der Waals surface area contributed by atoms with Gasteiger partial charge in [0.15, 0.2) is 15.7 Å². The number of aliphatic hydroxyl groups excluding tert-OH is 1. The molecular weight excluding hydrogens is 208 g/mol. The summed E-state index contributed by atoms with van der Waals surface area (Å²) < 4.78 is 27.2. The first-order valence-corrected chi connectivity index (χ1v) is 6.06. The lowest BCUT2D eigenvalue weighted by atomic mass is 10.1. The largest absolute Gasteiger partial charge is 0.388 e. The van der Waals surface area contributed by atoms with E-state index in [4.69, 9.17) is 9.63 Å². The van der Waals surface area contributed by atoms with Crippen molar-refractivity contribution in [2.24, 2.45) is 0 Å². The molecule has 1 fully saturated rings. The first-order valence-electron chi connectivity index (χ1n) is 4.24. The van der Waals surface area contributed by atoms with Gasteiger partial charge in [-0.05, 0) is 6.42 Å². The Morgan fingerprint density at radius 3 is 2.86 bits per heavy atom. The van der Waals surface area contributed by atoms with Gasteiger partial charge in [0.2, 0.25) is 5.89 Å². The molecule has 2 heterocycles. The van der Waals surface area contributed by atoms with E-state index in [-0.39, 0.29) is 29.9 Å². The van der Waals surface area contributed by atoms with E-state index in [0.29, 0.717) is 12.3 Å². The molecule has 1 aliphatic heterocycles. The SMILES string of the molecule is O=S1(=O)CCC(c2nc(CO)no2)C1. The maximum absolute atomic E-state index is 11.2. The molecule has 1 aliphatic rings. The fraction of sp³-hybridized carbons (Fsp3) is 0.714. The molecule has 1 aromatic rings. The van der Waals surface area contributed by atoms with Crippen molar-refractivity contribution >= 4 is 9.84 Å². The molecule has 0 saturated carbocycles. The molecule has 1 saturated heterocycles. The standard InChI is InChI=1S/C7H10N2O4S/c10-3-6-8-7(13-9-6)5-1-2-14(11,12)4-5/h5,10H,1-4H2. The molecule has 78 valence electrons. The summed E-state index contributed by atoms with van der Waals surface area (Å²) in [5, 5.41) is 12.2. The van der Waals surface area contributed by atoms with Crippen LogP contribution in [0.5, 0.6) is 0 Å². The molecule has 14 heavy (non-hydrogen) atoms. The quantitative estimate of drug-likeness (QED) is 0.716. The van der Waals surface area contributed by atoms with Crippen molar-refractivity contribution in [3.05, 3.63) is 11.7 Å². The number of aromatic nitrogens is 2. The van der Waals surface area contributed by atoms with Crippen molar-refractivity contribution in [1.82, 2.24) is 10.1 Å². The van der Waals surface area contributed by atoms with E-state index < -0.39 is 9.84 Å². The maximum Gasteiger partial charge on any atom is 0.230 e. The smallest absolute Gasteiger partial charge is 0.230 e. The molecule has 0 amide bonds. The number of hydrogen-bond donors (Lipinski definition) is 1. The highest BCUT2D eigenvalue weighted by Crippen LogP contribution is 2.27. The Morgan fingerprint density at radius 1 is 1.57 bits per heavy atom. The fourth-order valence-corrected chi connectivity index (χ4v) is 3.22. The number of aliphatic hydroxyl groups is 1. The Bertz CT molecular complexity index is 425. The molecule has 0 radical (unpaired) electrons. The molecule has 1 aromatic heterocycles. The Morgan fingerprint density at radius 2 is 2.36 bits per heavy atom. The normalized spacial score (nSPS) is 25.4. The second-order valence-electron chi connectivity index (χ2n) is 3.31. The molecular formula is C7H10N2O4S. The van der Waals surface area contributed by atoms with Crippen LogP contribution in [-0.4, -0.2) is 35.2 Å². The Balaban J connectivity index is 2.17. The third kappa shape index (κ3) is 1.78. The van der Waals surface area contributed by atoms with Gasteiger partial charge >= 0.3 is 0 Å². The van der Waals surface area contributed by atoms with Crippen LogP contribution >= 0.6 is 0 Å². The minimum atomic E-state index is -2.93. The van der Waals surface area contributed by atoms with E-state index in [9.17, 15) is 8.42 Å². The van der Waals surface area contributed by atoms with Crippen molar-refractivity contribution in [3.8, 4) is 0 Å². The second-order valence-corrected chi connectivity index (χ2v) is 5.54. The first-order chi connectivity index (χ1) is 6.61. The minimum Gasteiger partial charge on any atom is -0.388 e. The first kappa shape index (κ1) is 9.60. The highest BCUT2D eigenvalue weighted by atomic mass is 32.2. The summed E-state index contributed by atoms with van der Waals surface area (Å²) in [7, 11) is -2.93. The fourth-order valence-electron chi connectivity index (χ4n) is 1.49. The second kappa shape index (κ2) is 3.32. The average molecular weight is 218 g/mol. The monoisotopic (exact) mass is 218 g/mol. The number of hydrogen-bond acceptors (Lipinski definition) is 6. The molecule has 0 aromatic carbocycles. The van der Waals surface area contributed by atoms with Crippen LogP contribution < -0.4 is 0 Å². The highest BCUT2D eigenvalue weighted by Gasteiger charge is 2.32. The Labute approximate surface area is 80.9 Å². The van der Waals surface area contributed by atoms with E-state index in [1.165, 1.54) is 0 Å². The third-order valence-electron chi connectivity index (χ3n) is 2.21. The van der Waals surface area contributed by atoms with Crippen molar-refractivity contribution < 1.29 is 18.0 Å². The summed E-state index contributed by atoms with van der Waals surface area (Å²) in [5.41, 5.74) is 0. The van der Waals surface area contributed by atoms with Gasteiger partial charge in [0.25, 0.3) is 0 Å². The van der Waals surface area contributed by atoms with Crippen LogP contribution in [0.25, 0.3) is 0 Å². The van der Waals surface area contributed by atoms with Crippen LogP contribution in [0.1, 0.15) is 24.1 Å². The van der Waals surface area contributed by atoms with Crippen LogP contribution in [0.15, 0.2) is 4.52 Å². The van der Waals surface area contributed by atoms with E-state index in [2.05, 4.69) is 10.1 Å². The summed E-state index contributed by atoms with van der Waals surface area (Å²) in [6.07, 6.45) is 0.523. The number of rotatable bonds is 2. The average Bonchev–Trinajstić information content (AvgIpc) is 2.70.